The Morgan fingerprint density at radius 1 is 0.279 bits per heavy atom. The van der Waals surface area contributed by atoms with Gasteiger partial charge in [-0.2, -0.15) is 0 Å². The molecule has 0 aliphatic rings. The van der Waals surface area contributed by atoms with Crippen LogP contribution in [0.5, 0.6) is 0 Å². The second-order valence-electron chi connectivity index (χ2n) is 31.8. The quantitative estimate of drug-likeness (QED) is 0.0222. The van der Waals surface area contributed by atoms with Crippen LogP contribution in [0.2, 0.25) is 0 Å². The number of phosphoric ester groups is 2. The number of carbonyl (C=O) groups excluding carboxylic acids is 4. The largest absolute Gasteiger partial charge is 0.472 e. The van der Waals surface area contributed by atoms with Crippen LogP contribution in [0, 0.1) is 17.8 Å². The Morgan fingerprint density at radius 2 is 0.490 bits per heavy atom. The molecule has 0 saturated heterocycles. The number of phosphoric acid groups is 2. The highest BCUT2D eigenvalue weighted by molar-refractivity contribution is 7.47. The SMILES string of the molecule is CCCCCCCCCCCCCCCCCCCCCCCCC(=O)O[C@H](COC(=O)CCCCCCCCCCCCCCCCCC(C)C)COP(=O)(O)OC[C@@H](O)COP(=O)(O)OC[C@@H](COC(=O)CCCCCCCCCCC(C)CC)OC(=O)CCCCCCCCCCCC(C)C. The van der Waals surface area contributed by atoms with Gasteiger partial charge in [-0.15, -0.1) is 0 Å². The van der Waals surface area contributed by atoms with E-state index in [0.29, 0.717) is 25.7 Å². The molecule has 3 N–H and O–H groups in total. The molecule has 0 aliphatic heterocycles. The van der Waals surface area contributed by atoms with Gasteiger partial charge in [0, 0.05) is 25.7 Å². The smallest absolute Gasteiger partial charge is 0.462 e. The summed E-state index contributed by atoms with van der Waals surface area (Å²) in [5.74, 6) is 0.212. The lowest BCUT2D eigenvalue weighted by Crippen LogP contribution is -2.30. The first-order valence-corrected chi connectivity index (χ1v) is 46.9. The lowest BCUT2D eigenvalue weighted by molar-refractivity contribution is -0.161. The van der Waals surface area contributed by atoms with Crippen molar-refractivity contribution in [3.05, 3.63) is 0 Å². The van der Waals surface area contributed by atoms with Gasteiger partial charge in [0.25, 0.3) is 0 Å². The summed E-state index contributed by atoms with van der Waals surface area (Å²) in [4.78, 5) is 73.2. The topological polar surface area (TPSA) is 237 Å². The van der Waals surface area contributed by atoms with Crippen molar-refractivity contribution in [1.29, 1.82) is 0 Å². The molecule has 0 rings (SSSR count). The number of carbonyl (C=O) groups is 4. The van der Waals surface area contributed by atoms with E-state index < -0.39 is 97.5 Å². The Kier molecular flexibility index (Phi) is 73.7. The fourth-order valence-electron chi connectivity index (χ4n) is 13.2. The second-order valence-corrected chi connectivity index (χ2v) is 34.7. The highest BCUT2D eigenvalue weighted by Gasteiger charge is 2.30. The summed E-state index contributed by atoms with van der Waals surface area (Å²) in [5.41, 5.74) is 0. The van der Waals surface area contributed by atoms with E-state index in [2.05, 4.69) is 48.5 Å². The molecule has 19 heteroatoms. The maximum absolute atomic E-state index is 13.1. The van der Waals surface area contributed by atoms with Crippen LogP contribution < -0.4 is 0 Å². The van der Waals surface area contributed by atoms with Crippen LogP contribution in [-0.2, 0) is 65.4 Å². The Labute approximate surface area is 638 Å². The summed E-state index contributed by atoms with van der Waals surface area (Å²) in [6, 6.07) is 0. The summed E-state index contributed by atoms with van der Waals surface area (Å²) in [6.45, 7) is 12.0. The fraction of sp³-hybridized carbons (Fsp3) is 0.953. The van der Waals surface area contributed by atoms with Gasteiger partial charge >= 0.3 is 39.5 Å². The molecular weight excluding hydrogens is 1350 g/mol. The van der Waals surface area contributed by atoms with Crippen LogP contribution in [-0.4, -0.2) is 96.7 Å². The molecule has 618 valence electrons. The third-order valence-electron chi connectivity index (χ3n) is 20.2. The normalized spacial score (nSPS) is 14.2. The average Bonchev–Trinajstić information content (AvgIpc) is 0.909. The number of unbranched alkanes of at least 4 members (excludes halogenated alkanes) is 50. The monoisotopic (exact) mass is 1520 g/mol. The first-order valence-electron chi connectivity index (χ1n) is 43.9. The zero-order valence-corrected chi connectivity index (χ0v) is 70.3. The van der Waals surface area contributed by atoms with Crippen molar-refractivity contribution in [2.24, 2.45) is 17.8 Å². The molecule has 17 nitrogen and oxygen atoms in total. The molecule has 0 heterocycles. The van der Waals surface area contributed by atoms with Crippen LogP contribution in [0.4, 0.5) is 0 Å². The Morgan fingerprint density at radius 3 is 0.731 bits per heavy atom. The molecule has 0 spiro atoms. The van der Waals surface area contributed by atoms with Gasteiger partial charge in [0.05, 0.1) is 26.4 Å². The molecule has 0 amide bonds. The van der Waals surface area contributed by atoms with Crippen LogP contribution in [0.3, 0.4) is 0 Å². The number of ether oxygens (including phenoxy) is 4. The average molecular weight is 1520 g/mol. The predicted molar refractivity (Wildman–Crippen MR) is 428 cm³/mol. The van der Waals surface area contributed by atoms with Crippen molar-refractivity contribution in [2.75, 3.05) is 39.6 Å². The van der Waals surface area contributed by atoms with Gasteiger partial charge in [-0.3, -0.25) is 37.3 Å². The van der Waals surface area contributed by atoms with Gasteiger partial charge in [0.1, 0.15) is 19.3 Å². The zero-order valence-electron chi connectivity index (χ0n) is 68.5. The lowest BCUT2D eigenvalue weighted by Gasteiger charge is -2.21. The van der Waals surface area contributed by atoms with E-state index in [1.807, 2.05) is 0 Å². The van der Waals surface area contributed by atoms with Crippen molar-refractivity contribution in [1.82, 2.24) is 0 Å². The third-order valence-corrected chi connectivity index (χ3v) is 22.1. The van der Waals surface area contributed by atoms with E-state index in [9.17, 15) is 43.2 Å². The van der Waals surface area contributed by atoms with Crippen molar-refractivity contribution in [2.45, 2.75) is 465 Å². The molecule has 0 fully saturated rings. The van der Waals surface area contributed by atoms with E-state index in [1.165, 1.54) is 257 Å². The summed E-state index contributed by atoms with van der Waals surface area (Å²) in [5, 5.41) is 10.7. The number of esters is 4. The van der Waals surface area contributed by atoms with Crippen LogP contribution in [0.15, 0.2) is 0 Å². The fourth-order valence-corrected chi connectivity index (χ4v) is 14.7. The van der Waals surface area contributed by atoms with Gasteiger partial charge in [0.2, 0.25) is 0 Å². The van der Waals surface area contributed by atoms with Crippen LogP contribution in [0.25, 0.3) is 0 Å². The van der Waals surface area contributed by atoms with E-state index in [1.54, 1.807) is 0 Å². The van der Waals surface area contributed by atoms with Gasteiger partial charge in [-0.25, -0.2) is 9.13 Å². The molecular formula is C85H166O17P2. The summed E-state index contributed by atoms with van der Waals surface area (Å²) in [7, 11) is -9.93. The van der Waals surface area contributed by atoms with Crippen LogP contribution in [0.1, 0.15) is 447 Å². The van der Waals surface area contributed by atoms with Crippen LogP contribution >= 0.6 is 15.6 Å². The van der Waals surface area contributed by atoms with Gasteiger partial charge in [-0.05, 0) is 43.4 Å². The number of hydrogen-bond acceptors (Lipinski definition) is 15. The highest BCUT2D eigenvalue weighted by Crippen LogP contribution is 2.45. The third kappa shape index (κ3) is 76.8. The van der Waals surface area contributed by atoms with E-state index in [-0.39, 0.29) is 25.7 Å². The molecule has 0 aromatic rings. The number of rotatable bonds is 83. The standard InChI is InChI=1S/C85H166O17P2/c1-8-10-11-12-13-14-15-16-17-18-19-20-21-22-23-26-30-33-38-47-54-61-68-84(89)101-80(72-95-82(87)66-59-52-45-37-32-29-27-24-25-28-31-35-42-49-56-63-76(3)4)74-99-103(91,92)97-70-79(86)71-98-104(93,94)100-75-81(102-85(90)69-62-55-48-39-34-36-43-50-57-64-77(5)6)73-96-83(88)67-60-53-46-41-40-44-51-58-65-78(7)9-2/h76-81,86H,8-75H2,1-7H3,(H,91,92)(H,93,94)/t78?,79-,80-,81-/m1/s1. The zero-order chi connectivity index (χ0) is 76.5. The first-order chi connectivity index (χ1) is 50.3. The Hall–Kier alpha value is -1.94. The maximum atomic E-state index is 13.1. The molecule has 0 radical (unpaired) electrons. The van der Waals surface area contributed by atoms with Gasteiger partial charge in [-0.1, -0.05) is 395 Å². The summed E-state index contributed by atoms with van der Waals surface area (Å²) in [6.07, 6.45) is 65.4. The minimum Gasteiger partial charge on any atom is -0.462 e. The lowest BCUT2D eigenvalue weighted by atomic mass is 9.99. The molecule has 0 aromatic heterocycles. The molecule has 0 aliphatic carbocycles. The molecule has 3 unspecified atom stereocenters. The Balaban J connectivity index is 5.23. The predicted octanol–water partition coefficient (Wildman–Crippen LogP) is 25.7. The van der Waals surface area contributed by atoms with Gasteiger partial charge < -0.3 is 33.8 Å². The number of aliphatic hydroxyl groups is 1. The maximum Gasteiger partial charge on any atom is 0.472 e. The highest BCUT2D eigenvalue weighted by atomic mass is 31.2. The molecule has 0 bridgehead atoms. The molecule has 6 atom stereocenters. The van der Waals surface area contributed by atoms with Crippen molar-refractivity contribution in [3.63, 3.8) is 0 Å². The minimum absolute atomic E-state index is 0.105. The molecule has 0 aromatic carbocycles. The number of aliphatic hydroxyl groups excluding tert-OH is 1. The number of hydrogen-bond donors (Lipinski definition) is 3. The first kappa shape index (κ1) is 102. The Bertz CT molecular complexity index is 2010. The minimum atomic E-state index is -4.97. The second kappa shape index (κ2) is 75.1. The molecule has 104 heavy (non-hydrogen) atoms. The van der Waals surface area contributed by atoms with E-state index in [4.69, 9.17) is 37.0 Å². The van der Waals surface area contributed by atoms with E-state index in [0.717, 1.165) is 108 Å². The summed E-state index contributed by atoms with van der Waals surface area (Å²) < 4.78 is 68.8. The van der Waals surface area contributed by atoms with Crippen molar-refractivity contribution in [3.8, 4) is 0 Å². The summed E-state index contributed by atoms with van der Waals surface area (Å²) >= 11 is 0. The van der Waals surface area contributed by atoms with Crippen molar-refractivity contribution < 1.29 is 80.2 Å². The molecule has 0 saturated carbocycles. The van der Waals surface area contributed by atoms with E-state index >= 15 is 0 Å². The van der Waals surface area contributed by atoms with Crippen molar-refractivity contribution >= 4 is 39.5 Å². The van der Waals surface area contributed by atoms with Gasteiger partial charge in [0.15, 0.2) is 12.2 Å².